The molecule has 4 rings (SSSR count). The monoisotopic (exact) mass is 460 g/mol. The number of rotatable bonds is 7. The SMILES string of the molecule is Cc1cccc(Nc2nc(N/N=C/c3cccc([N+](=O)[O-])c3)nc(N3CCC(C)CC3)n2)c1C. The van der Waals surface area contributed by atoms with Crippen molar-refractivity contribution in [3.63, 3.8) is 0 Å². The van der Waals surface area contributed by atoms with Crippen molar-refractivity contribution in [1.29, 1.82) is 0 Å². The summed E-state index contributed by atoms with van der Waals surface area (Å²) in [4.78, 5) is 26.5. The number of non-ortho nitro benzene ring substituents is 1. The summed E-state index contributed by atoms with van der Waals surface area (Å²) in [6, 6.07) is 12.3. The first-order valence-electron chi connectivity index (χ1n) is 11.3. The zero-order valence-electron chi connectivity index (χ0n) is 19.5. The van der Waals surface area contributed by atoms with E-state index in [9.17, 15) is 10.1 Å². The lowest BCUT2D eigenvalue weighted by Crippen LogP contribution is -2.34. The van der Waals surface area contributed by atoms with Crippen molar-refractivity contribution in [2.45, 2.75) is 33.6 Å². The van der Waals surface area contributed by atoms with Crippen LogP contribution in [0.1, 0.15) is 36.5 Å². The number of nitro benzene ring substituents is 1. The maximum atomic E-state index is 11.0. The zero-order chi connectivity index (χ0) is 24.1. The highest BCUT2D eigenvalue weighted by molar-refractivity contribution is 5.81. The Balaban J connectivity index is 1.59. The minimum absolute atomic E-state index is 0.00531. The van der Waals surface area contributed by atoms with E-state index in [1.165, 1.54) is 23.9 Å². The minimum Gasteiger partial charge on any atom is -0.341 e. The Morgan fingerprint density at radius 2 is 1.82 bits per heavy atom. The van der Waals surface area contributed by atoms with Gasteiger partial charge in [-0.25, -0.2) is 5.43 Å². The van der Waals surface area contributed by atoms with Gasteiger partial charge >= 0.3 is 0 Å². The quantitative estimate of drug-likeness (QED) is 0.292. The molecular weight excluding hydrogens is 432 g/mol. The zero-order valence-corrected chi connectivity index (χ0v) is 19.5. The van der Waals surface area contributed by atoms with Crippen molar-refractivity contribution in [2.24, 2.45) is 11.0 Å². The van der Waals surface area contributed by atoms with E-state index in [-0.39, 0.29) is 11.6 Å². The maximum absolute atomic E-state index is 11.0. The van der Waals surface area contributed by atoms with Crippen molar-refractivity contribution < 1.29 is 4.92 Å². The van der Waals surface area contributed by atoms with Gasteiger partial charge in [0.1, 0.15) is 0 Å². The van der Waals surface area contributed by atoms with Crippen LogP contribution in [-0.4, -0.2) is 39.2 Å². The number of piperidine rings is 1. The van der Waals surface area contributed by atoms with Crippen molar-refractivity contribution >= 4 is 35.4 Å². The largest absolute Gasteiger partial charge is 0.341 e. The van der Waals surface area contributed by atoms with E-state index in [1.54, 1.807) is 12.1 Å². The number of hydrazone groups is 1. The molecular formula is C24H28N8O2. The van der Waals surface area contributed by atoms with E-state index in [0.29, 0.717) is 23.4 Å². The van der Waals surface area contributed by atoms with Gasteiger partial charge in [-0.2, -0.15) is 20.1 Å². The second-order valence-corrected chi connectivity index (χ2v) is 8.55. The maximum Gasteiger partial charge on any atom is 0.270 e. The Morgan fingerprint density at radius 3 is 2.59 bits per heavy atom. The molecule has 176 valence electrons. The molecule has 1 aliphatic heterocycles. The molecule has 2 N–H and O–H groups in total. The number of aromatic nitrogens is 3. The lowest BCUT2D eigenvalue weighted by molar-refractivity contribution is -0.384. The van der Waals surface area contributed by atoms with Crippen LogP contribution in [0.5, 0.6) is 0 Å². The lowest BCUT2D eigenvalue weighted by atomic mass is 10.00. The average Bonchev–Trinajstić information content (AvgIpc) is 2.82. The summed E-state index contributed by atoms with van der Waals surface area (Å²) in [5.41, 5.74) is 6.67. The van der Waals surface area contributed by atoms with Crippen LogP contribution in [0.4, 0.5) is 29.2 Å². The minimum atomic E-state index is -0.437. The molecule has 0 spiro atoms. The molecule has 1 fully saturated rings. The molecule has 10 nitrogen and oxygen atoms in total. The van der Waals surface area contributed by atoms with Gasteiger partial charge in [0, 0.05) is 36.5 Å². The molecule has 2 heterocycles. The molecule has 0 amide bonds. The number of hydrogen-bond donors (Lipinski definition) is 2. The van der Waals surface area contributed by atoms with Crippen molar-refractivity contribution in [1.82, 2.24) is 15.0 Å². The van der Waals surface area contributed by atoms with E-state index in [2.05, 4.69) is 55.6 Å². The average molecular weight is 461 g/mol. The van der Waals surface area contributed by atoms with Gasteiger partial charge in [-0.1, -0.05) is 31.2 Å². The Kier molecular flexibility index (Phi) is 6.95. The summed E-state index contributed by atoms with van der Waals surface area (Å²) in [6.45, 7) is 8.13. The van der Waals surface area contributed by atoms with Gasteiger partial charge in [0.2, 0.25) is 17.8 Å². The van der Waals surface area contributed by atoms with Gasteiger partial charge in [-0.05, 0) is 49.8 Å². The predicted molar refractivity (Wildman–Crippen MR) is 134 cm³/mol. The molecule has 0 radical (unpaired) electrons. The highest BCUT2D eigenvalue weighted by Gasteiger charge is 2.20. The first-order chi connectivity index (χ1) is 16.4. The number of nitrogens with zero attached hydrogens (tertiary/aromatic N) is 6. The fourth-order valence-corrected chi connectivity index (χ4v) is 3.71. The van der Waals surface area contributed by atoms with Gasteiger partial charge in [-0.15, -0.1) is 0 Å². The van der Waals surface area contributed by atoms with Crippen LogP contribution in [0.2, 0.25) is 0 Å². The molecule has 1 aliphatic rings. The molecule has 0 atom stereocenters. The molecule has 0 saturated carbocycles. The normalized spacial score (nSPS) is 14.4. The highest BCUT2D eigenvalue weighted by atomic mass is 16.6. The first-order valence-corrected chi connectivity index (χ1v) is 11.3. The van der Waals surface area contributed by atoms with Gasteiger partial charge < -0.3 is 10.2 Å². The van der Waals surface area contributed by atoms with E-state index in [4.69, 9.17) is 0 Å². The number of benzene rings is 2. The Labute approximate surface area is 198 Å². The number of hydrogen-bond acceptors (Lipinski definition) is 9. The van der Waals surface area contributed by atoms with Crippen LogP contribution in [0.25, 0.3) is 0 Å². The Hall–Kier alpha value is -4.08. The Morgan fingerprint density at radius 1 is 1.09 bits per heavy atom. The molecule has 0 aliphatic carbocycles. The third-order valence-electron chi connectivity index (χ3n) is 6.00. The molecule has 0 unspecified atom stereocenters. The molecule has 1 aromatic heterocycles. The summed E-state index contributed by atoms with van der Waals surface area (Å²) in [5.74, 6) is 1.98. The fourth-order valence-electron chi connectivity index (χ4n) is 3.71. The van der Waals surface area contributed by atoms with Crippen LogP contribution in [-0.2, 0) is 0 Å². The standard InChI is InChI=1S/C24H28N8O2/c1-16-10-12-31(13-11-16)24-28-22(26-21-9-4-6-17(2)18(21)3)27-23(29-24)30-25-15-19-7-5-8-20(14-19)32(33)34/h4-9,14-16H,10-13H2,1-3H3,(H2,26,27,28,29,30)/b25-15+. The third-order valence-corrected chi connectivity index (χ3v) is 6.00. The molecule has 0 bridgehead atoms. The molecule has 10 heteroatoms. The lowest BCUT2D eigenvalue weighted by Gasteiger charge is -2.30. The van der Waals surface area contributed by atoms with E-state index < -0.39 is 4.92 Å². The van der Waals surface area contributed by atoms with E-state index in [1.807, 2.05) is 19.1 Å². The number of aryl methyl sites for hydroxylation is 1. The number of nitrogens with one attached hydrogen (secondary N) is 2. The molecule has 2 aromatic carbocycles. The van der Waals surface area contributed by atoms with Crippen molar-refractivity contribution in [2.75, 3.05) is 28.7 Å². The van der Waals surface area contributed by atoms with Gasteiger partial charge in [0.15, 0.2) is 0 Å². The topological polar surface area (TPSA) is 121 Å². The van der Waals surface area contributed by atoms with Crippen LogP contribution >= 0.6 is 0 Å². The predicted octanol–water partition coefficient (Wildman–Crippen LogP) is 4.82. The summed E-state index contributed by atoms with van der Waals surface area (Å²) >= 11 is 0. The van der Waals surface area contributed by atoms with Gasteiger partial charge in [-0.3, -0.25) is 10.1 Å². The molecule has 34 heavy (non-hydrogen) atoms. The summed E-state index contributed by atoms with van der Waals surface area (Å²) in [6.07, 6.45) is 3.66. The van der Waals surface area contributed by atoms with Crippen molar-refractivity contribution in [3.05, 3.63) is 69.3 Å². The van der Waals surface area contributed by atoms with Crippen LogP contribution in [0.3, 0.4) is 0 Å². The van der Waals surface area contributed by atoms with Crippen molar-refractivity contribution in [3.8, 4) is 0 Å². The summed E-state index contributed by atoms with van der Waals surface area (Å²) in [7, 11) is 0. The molecule has 1 saturated heterocycles. The smallest absolute Gasteiger partial charge is 0.270 e. The second kappa shape index (κ2) is 10.2. The summed E-state index contributed by atoms with van der Waals surface area (Å²) < 4.78 is 0. The fraction of sp³-hybridized carbons (Fsp3) is 0.333. The first kappa shape index (κ1) is 23.1. The van der Waals surface area contributed by atoms with Crippen LogP contribution in [0, 0.1) is 29.9 Å². The van der Waals surface area contributed by atoms with E-state index >= 15 is 0 Å². The highest BCUT2D eigenvalue weighted by Crippen LogP contribution is 2.25. The van der Waals surface area contributed by atoms with Crippen LogP contribution < -0.4 is 15.6 Å². The van der Waals surface area contributed by atoms with Gasteiger partial charge in [0.25, 0.3) is 5.69 Å². The molecule has 3 aromatic rings. The van der Waals surface area contributed by atoms with E-state index in [0.717, 1.165) is 37.2 Å². The number of nitro groups is 1. The number of anilines is 4. The Bertz CT molecular complexity index is 1210. The van der Waals surface area contributed by atoms with Gasteiger partial charge in [0.05, 0.1) is 11.1 Å². The summed E-state index contributed by atoms with van der Waals surface area (Å²) in [5, 5.41) is 18.5. The third kappa shape index (κ3) is 5.64. The van der Waals surface area contributed by atoms with Crippen LogP contribution in [0.15, 0.2) is 47.6 Å². The second-order valence-electron chi connectivity index (χ2n) is 8.55.